The maximum atomic E-state index is 13.3. The molecule has 0 spiro atoms. The van der Waals surface area contributed by atoms with E-state index in [9.17, 15) is 4.79 Å². The van der Waals surface area contributed by atoms with Gasteiger partial charge in [-0.1, -0.05) is 25.0 Å². The van der Waals surface area contributed by atoms with E-state index in [0.29, 0.717) is 11.8 Å². The first-order chi connectivity index (χ1) is 14.7. The maximum Gasteiger partial charge on any atom is 0.255 e. The molecule has 5 heteroatoms. The molecule has 5 heterocycles. The van der Waals surface area contributed by atoms with Crippen molar-refractivity contribution in [3.05, 3.63) is 63.3 Å². The van der Waals surface area contributed by atoms with Crippen LogP contribution in [0.15, 0.2) is 35.4 Å². The van der Waals surface area contributed by atoms with Gasteiger partial charge < -0.3 is 4.57 Å². The van der Waals surface area contributed by atoms with Crippen LogP contribution in [0.3, 0.4) is 0 Å². The number of aryl methyl sites for hydroxylation is 1. The minimum Gasteiger partial charge on any atom is -0.312 e. The van der Waals surface area contributed by atoms with E-state index in [2.05, 4.69) is 44.5 Å². The van der Waals surface area contributed by atoms with Gasteiger partial charge >= 0.3 is 0 Å². The highest BCUT2D eigenvalue weighted by molar-refractivity contribution is 5.23. The molecule has 2 aromatic heterocycles. The summed E-state index contributed by atoms with van der Waals surface area (Å²) < 4.78 is 2.12. The van der Waals surface area contributed by atoms with Gasteiger partial charge in [0.25, 0.3) is 5.56 Å². The second-order valence-electron chi connectivity index (χ2n) is 9.75. The number of likely N-dealkylation sites (tertiary alicyclic amines) is 2. The van der Waals surface area contributed by atoms with Gasteiger partial charge in [-0.3, -0.25) is 19.6 Å². The highest BCUT2D eigenvalue weighted by atomic mass is 16.1. The molecule has 3 aliphatic heterocycles. The van der Waals surface area contributed by atoms with Gasteiger partial charge in [0.1, 0.15) is 0 Å². The lowest BCUT2D eigenvalue weighted by Crippen LogP contribution is -2.47. The molecule has 2 fully saturated rings. The van der Waals surface area contributed by atoms with Crippen LogP contribution in [0.5, 0.6) is 0 Å². The molecule has 0 saturated carbocycles. The van der Waals surface area contributed by atoms with Gasteiger partial charge in [0.15, 0.2) is 0 Å². The molecule has 160 valence electrons. The predicted molar refractivity (Wildman–Crippen MR) is 120 cm³/mol. The number of rotatable bonds is 4. The summed E-state index contributed by atoms with van der Waals surface area (Å²) in [4.78, 5) is 22.7. The van der Waals surface area contributed by atoms with E-state index in [-0.39, 0.29) is 5.56 Å². The zero-order chi connectivity index (χ0) is 20.5. The number of pyridine rings is 2. The zero-order valence-corrected chi connectivity index (χ0v) is 18.2. The topological polar surface area (TPSA) is 41.4 Å². The van der Waals surface area contributed by atoms with Gasteiger partial charge in [0.05, 0.1) is 0 Å². The predicted octanol–water partition coefficient (Wildman–Crippen LogP) is 3.55. The molecule has 0 N–H and O–H groups in total. The molecule has 0 unspecified atom stereocenters. The van der Waals surface area contributed by atoms with Gasteiger partial charge in [-0.2, -0.15) is 0 Å². The van der Waals surface area contributed by atoms with Crippen molar-refractivity contribution in [2.75, 3.05) is 26.2 Å². The number of aromatic nitrogens is 2. The molecule has 2 saturated heterocycles. The summed E-state index contributed by atoms with van der Waals surface area (Å²) in [6.45, 7) is 9.14. The minimum absolute atomic E-state index is 0.266. The third kappa shape index (κ3) is 4.23. The monoisotopic (exact) mass is 406 g/mol. The van der Waals surface area contributed by atoms with Gasteiger partial charge in [0.2, 0.25) is 0 Å². The quantitative estimate of drug-likeness (QED) is 0.779. The summed E-state index contributed by atoms with van der Waals surface area (Å²) in [6.07, 6.45) is 10.3. The van der Waals surface area contributed by atoms with Crippen LogP contribution in [0.1, 0.15) is 60.4 Å². The third-order valence-electron chi connectivity index (χ3n) is 7.19. The zero-order valence-electron chi connectivity index (χ0n) is 18.2. The molecule has 5 nitrogen and oxygen atoms in total. The van der Waals surface area contributed by atoms with E-state index >= 15 is 0 Å². The number of hydrogen-bond acceptors (Lipinski definition) is 4. The molecular weight excluding hydrogens is 372 g/mol. The van der Waals surface area contributed by atoms with Crippen molar-refractivity contribution in [2.24, 2.45) is 5.92 Å². The van der Waals surface area contributed by atoms with E-state index in [4.69, 9.17) is 0 Å². The first-order valence-corrected chi connectivity index (χ1v) is 11.7. The Balaban J connectivity index is 1.32. The Kier molecular flexibility index (Phi) is 5.74. The van der Waals surface area contributed by atoms with Gasteiger partial charge in [-0.05, 0) is 62.4 Å². The maximum absolute atomic E-state index is 13.3. The van der Waals surface area contributed by atoms with Gasteiger partial charge in [-0.25, -0.2) is 0 Å². The van der Waals surface area contributed by atoms with E-state index in [1.807, 2.05) is 12.4 Å². The Morgan fingerprint density at radius 3 is 2.60 bits per heavy atom. The largest absolute Gasteiger partial charge is 0.312 e. The molecule has 2 atom stereocenters. The summed E-state index contributed by atoms with van der Waals surface area (Å²) in [6, 6.07) is 6.63. The van der Waals surface area contributed by atoms with Crippen LogP contribution in [0.4, 0.5) is 0 Å². The van der Waals surface area contributed by atoms with E-state index in [1.165, 1.54) is 48.9 Å². The number of fused-ring (bicyclic) bond motifs is 4. The van der Waals surface area contributed by atoms with Gasteiger partial charge in [-0.15, -0.1) is 0 Å². The van der Waals surface area contributed by atoms with E-state index < -0.39 is 0 Å². The third-order valence-corrected chi connectivity index (χ3v) is 7.19. The average molecular weight is 407 g/mol. The lowest BCUT2D eigenvalue weighted by molar-refractivity contribution is 0.114. The van der Waals surface area contributed by atoms with Gasteiger partial charge in [0, 0.05) is 62.3 Å². The molecule has 3 aliphatic rings. The molecule has 5 rings (SSSR count). The second kappa shape index (κ2) is 8.64. The van der Waals surface area contributed by atoms with Crippen molar-refractivity contribution < 1.29 is 0 Å². The van der Waals surface area contributed by atoms with Crippen LogP contribution >= 0.6 is 0 Å². The van der Waals surface area contributed by atoms with Crippen molar-refractivity contribution >= 4 is 0 Å². The normalized spacial score (nSPS) is 25.0. The summed E-state index contributed by atoms with van der Waals surface area (Å²) in [5.41, 5.74) is 5.02. The SMILES string of the molecule is Cc1cncc(CN2C[C@@H]3C[C@H](C2)c2ccc(CN4CCCCCC4)c(=O)n2C3)c1. The lowest BCUT2D eigenvalue weighted by Gasteiger charge is -2.43. The lowest BCUT2D eigenvalue weighted by atomic mass is 9.83. The number of hydrogen-bond donors (Lipinski definition) is 0. The molecular formula is C25H34N4O. The summed E-state index contributed by atoms with van der Waals surface area (Å²) in [7, 11) is 0. The average Bonchev–Trinajstić information content (AvgIpc) is 2.99. The number of piperidine rings is 1. The fourth-order valence-corrected chi connectivity index (χ4v) is 5.84. The van der Waals surface area contributed by atoms with Crippen LogP contribution in [0, 0.1) is 12.8 Å². The number of nitrogens with zero attached hydrogens (tertiary/aromatic N) is 4. The summed E-state index contributed by atoms with van der Waals surface area (Å²) in [5.74, 6) is 1.04. The van der Waals surface area contributed by atoms with E-state index in [1.54, 1.807) is 0 Å². The Hall–Kier alpha value is -1.98. The van der Waals surface area contributed by atoms with Crippen molar-refractivity contribution in [1.82, 2.24) is 19.4 Å². The highest BCUT2D eigenvalue weighted by Crippen LogP contribution is 2.35. The Bertz CT molecular complexity index is 944. The Morgan fingerprint density at radius 2 is 1.80 bits per heavy atom. The van der Waals surface area contributed by atoms with Crippen LogP contribution in [0.25, 0.3) is 0 Å². The van der Waals surface area contributed by atoms with Crippen molar-refractivity contribution in [3.63, 3.8) is 0 Å². The first-order valence-electron chi connectivity index (χ1n) is 11.7. The summed E-state index contributed by atoms with van der Waals surface area (Å²) >= 11 is 0. The fourth-order valence-electron chi connectivity index (χ4n) is 5.84. The highest BCUT2D eigenvalue weighted by Gasteiger charge is 2.35. The molecule has 2 bridgehead atoms. The standard InChI is InChI=1S/C25H34N4O/c1-19-10-20(13-26-12-19)14-28-15-21-11-23(18-28)24-7-6-22(25(30)29(24)16-21)17-27-8-4-2-3-5-9-27/h6-7,10,12-13,21,23H,2-5,8-9,11,14-18H2,1H3/t21-,23+/m0/s1. The summed E-state index contributed by atoms with van der Waals surface area (Å²) in [5, 5.41) is 0. The molecule has 0 radical (unpaired) electrons. The minimum atomic E-state index is 0.266. The Labute approximate surface area is 179 Å². The first kappa shape index (κ1) is 20.0. The van der Waals surface area contributed by atoms with Crippen molar-refractivity contribution in [2.45, 2.75) is 64.6 Å². The van der Waals surface area contributed by atoms with E-state index in [0.717, 1.165) is 51.4 Å². The van der Waals surface area contributed by atoms with Crippen molar-refractivity contribution in [3.8, 4) is 0 Å². The fraction of sp³-hybridized carbons (Fsp3) is 0.600. The van der Waals surface area contributed by atoms with Crippen LogP contribution in [0.2, 0.25) is 0 Å². The van der Waals surface area contributed by atoms with Crippen LogP contribution in [-0.2, 0) is 19.6 Å². The van der Waals surface area contributed by atoms with Crippen LogP contribution in [-0.4, -0.2) is 45.5 Å². The van der Waals surface area contributed by atoms with Crippen LogP contribution < -0.4 is 5.56 Å². The second-order valence-corrected chi connectivity index (χ2v) is 9.75. The smallest absolute Gasteiger partial charge is 0.255 e. The Morgan fingerprint density at radius 1 is 0.967 bits per heavy atom. The molecule has 0 amide bonds. The molecule has 0 aliphatic carbocycles. The molecule has 0 aromatic carbocycles. The van der Waals surface area contributed by atoms with Crippen molar-refractivity contribution in [1.29, 1.82) is 0 Å². The molecule has 2 aromatic rings. The molecule has 30 heavy (non-hydrogen) atoms.